The second-order valence-electron chi connectivity index (χ2n) is 8.02. The van der Waals surface area contributed by atoms with Crippen molar-refractivity contribution >= 4 is 21.8 Å². The third-order valence-electron chi connectivity index (χ3n) is 5.89. The van der Waals surface area contributed by atoms with Crippen LogP contribution in [-0.2, 0) is 10.0 Å². The lowest BCUT2D eigenvalue weighted by atomic mass is 9.85. The normalized spacial score (nSPS) is 23.4. The summed E-state index contributed by atoms with van der Waals surface area (Å²) >= 11 is 0. The molecule has 2 fully saturated rings. The summed E-state index contributed by atoms with van der Waals surface area (Å²) in [7, 11) is -3.77. The molecule has 1 aliphatic carbocycles. The number of benzene rings is 1. The fourth-order valence-electron chi connectivity index (χ4n) is 4.03. The molecule has 1 saturated heterocycles. The monoisotopic (exact) mass is 461 g/mol. The van der Waals surface area contributed by atoms with Crippen LogP contribution < -0.4 is 5.32 Å². The van der Waals surface area contributed by atoms with Crippen molar-refractivity contribution in [3.63, 3.8) is 0 Å². The zero-order valence-corrected chi connectivity index (χ0v) is 18.0. The van der Waals surface area contributed by atoms with Gasteiger partial charge >= 0.3 is 12.2 Å². The van der Waals surface area contributed by atoms with E-state index in [4.69, 9.17) is 0 Å². The first kappa shape index (κ1) is 23.5. The summed E-state index contributed by atoms with van der Waals surface area (Å²) in [4.78, 5) is 25.3. The standard InChI is InChI=1S/C20H26F3N3O4S/c1-14(27)15-5-7-18(8-6-15)31(29,30)26-11-9-25(10-12-26)19(28)24-17-4-2-3-16(13-17)20(21,22)23/h5-8,16-17H,2-4,9-13H2,1H3,(H,24,28). The molecule has 1 aromatic rings. The van der Waals surface area contributed by atoms with Crippen molar-refractivity contribution in [1.29, 1.82) is 0 Å². The number of nitrogens with zero attached hydrogens (tertiary/aromatic N) is 2. The second kappa shape index (κ2) is 9.15. The lowest BCUT2D eigenvalue weighted by Crippen LogP contribution is -2.55. The number of sulfonamides is 1. The fraction of sp³-hybridized carbons (Fsp3) is 0.600. The number of hydrogen-bond acceptors (Lipinski definition) is 4. The molecule has 3 rings (SSSR count). The Kier molecular flexibility index (Phi) is 6.95. The minimum Gasteiger partial charge on any atom is -0.335 e. The Hall–Kier alpha value is -2.14. The minimum atomic E-state index is -4.26. The maximum Gasteiger partial charge on any atom is 0.391 e. The molecular weight excluding hydrogens is 435 g/mol. The molecule has 0 bridgehead atoms. The van der Waals surface area contributed by atoms with Crippen LogP contribution in [0.25, 0.3) is 0 Å². The van der Waals surface area contributed by atoms with E-state index < -0.39 is 34.2 Å². The first-order valence-corrected chi connectivity index (χ1v) is 11.7. The number of carbonyl (C=O) groups is 2. The van der Waals surface area contributed by atoms with Crippen LogP contribution in [0.1, 0.15) is 43.0 Å². The number of Topliss-reactive ketones (excluding diaryl/α,β-unsaturated/α-hetero) is 1. The number of nitrogens with one attached hydrogen (secondary N) is 1. The molecule has 172 valence electrons. The average Bonchev–Trinajstić information content (AvgIpc) is 2.73. The largest absolute Gasteiger partial charge is 0.391 e. The third-order valence-corrected chi connectivity index (χ3v) is 7.80. The predicted octanol–water partition coefficient (Wildman–Crippen LogP) is 3.03. The molecule has 0 aromatic heterocycles. The van der Waals surface area contributed by atoms with Crippen molar-refractivity contribution in [2.75, 3.05) is 26.2 Å². The number of hydrogen-bond donors (Lipinski definition) is 1. The first-order chi connectivity index (χ1) is 14.5. The SMILES string of the molecule is CC(=O)c1ccc(S(=O)(=O)N2CCN(C(=O)NC3CCCC(C(F)(F)F)C3)CC2)cc1. The predicted molar refractivity (Wildman–Crippen MR) is 107 cm³/mol. The first-order valence-electron chi connectivity index (χ1n) is 10.2. The molecule has 2 unspecified atom stereocenters. The van der Waals surface area contributed by atoms with Crippen molar-refractivity contribution < 1.29 is 31.2 Å². The van der Waals surface area contributed by atoms with E-state index in [0.29, 0.717) is 18.4 Å². The van der Waals surface area contributed by atoms with E-state index in [2.05, 4.69) is 5.32 Å². The van der Waals surface area contributed by atoms with E-state index >= 15 is 0 Å². The van der Waals surface area contributed by atoms with E-state index in [-0.39, 0.29) is 49.7 Å². The molecule has 1 aromatic carbocycles. The Morgan fingerprint density at radius 2 is 1.65 bits per heavy atom. The Bertz CT molecular complexity index is 911. The number of halogens is 3. The minimum absolute atomic E-state index is 0.0656. The maximum absolute atomic E-state index is 13.0. The summed E-state index contributed by atoms with van der Waals surface area (Å²) in [6.45, 7) is 1.85. The number of alkyl halides is 3. The van der Waals surface area contributed by atoms with E-state index in [1.807, 2.05) is 0 Å². The van der Waals surface area contributed by atoms with Gasteiger partial charge in [0.2, 0.25) is 10.0 Å². The molecule has 0 radical (unpaired) electrons. The van der Waals surface area contributed by atoms with Gasteiger partial charge in [-0.15, -0.1) is 0 Å². The number of rotatable bonds is 4. The number of amides is 2. The van der Waals surface area contributed by atoms with Gasteiger partial charge in [0.25, 0.3) is 0 Å². The molecule has 1 N–H and O–H groups in total. The molecule has 7 nitrogen and oxygen atoms in total. The van der Waals surface area contributed by atoms with E-state index in [1.165, 1.54) is 40.4 Å². The van der Waals surface area contributed by atoms with Gasteiger partial charge in [-0.25, -0.2) is 13.2 Å². The molecule has 0 spiro atoms. The van der Waals surface area contributed by atoms with Gasteiger partial charge in [-0.2, -0.15) is 17.5 Å². The Morgan fingerprint density at radius 3 is 2.19 bits per heavy atom. The van der Waals surface area contributed by atoms with Crippen LogP contribution in [0.2, 0.25) is 0 Å². The number of piperazine rings is 1. The van der Waals surface area contributed by atoms with Gasteiger partial charge in [0, 0.05) is 37.8 Å². The Morgan fingerprint density at radius 1 is 1.03 bits per heavy atom. The Balaban J connectivity index is 1.55. The summed E-state index contributed by atoms with van der Waals surface area (Å²) in [5.41, 5.74) is 0.413. The van der Waals surface area contributed by atoms with Crippen molar-refractivity contribution in [3.05, 3.63) is 29.8 Å². The van der Waals surface area contributed by atoms with Crippen LogP contribution in [0, 0.1) is 5.92 Å². The highest BCUT2D eigenvalue weighted by atomic mass is 32.2. The summed E-state index contributed by atoms with van der Waals surface area (Å²) in [6.07, 6.45) is -3.39. The molecular formula is C20H26F3N3O4S. The summed E-state index contributed by atoms with van der Waals surface area (Å²) in [5, 5.41) is 2.68. The van der Waals surface area contributed by atoms with Gasteiger partial charge in [0.05, 0.1) is 10.8 Å². The molecule has 2 aliphatic rings. The zero-order chi connectivity index (χ0) is 22.8. The number of ketones is 1. The number of carbonyl (C=O) groups excluding carboxylic acids is 2. The maximum atomic E-state index is 13.0. The molecule has 1 saturated carbocycles. The topological polar surface area (TPSA) is 86.8 Å². The molecule has 2 amide bonds. The molecule has 31 heavy (non-hydrogen) atoms. The fourth-order valence-corrected chi connectivity index (χ4v) is 5.45. The highest BCUT2D eigenvalue weighted by Gasteiger charge is 2.42. The van der Waals surface area contributed by atoms with Crippen molar-refractivity contribution in [3.8, 4) is 0 Å². The van der Waals surface area contributed by atoms with Gasteiger partial charge in [-0.05, 0) is 38.3 Å². The Labute approximate surface area is 179 Å². The van der Waals surface area contributed by atoms with Gasteiger partial charge in [-0.3, -0.25) is 4.79 Å². The van der Waals surface area contributed by atoms with E-state index in [1.54, 1.807) is 0 Å². The van der Waals surface area contributed by atoms with Gasteiger partial charge in [0.15, 0.2) is 5.78 Å². The van der Waals surface area contributed by atoms with Crippen LogP contribution in [-0.4, -0.2) is 67.8 Å². The highest BCUT2D eigenvalue weighted by Crippen LogP contribution is 2.37. The van der Waals surface area contributed by atoms with Crippen LogP contribution >= 0.6 is 0 Å². The molecule has 1 heterocycles. The quantitative estimate of drug-likeness (QED) is 0.699. The lowest BCUT2D eigenvalue weighted by Gasteiger charge is -2.36. The van der Waals surface area contributed by atoms with Gasteiger partial charge < -0.3 is 10.2 Å². The van der Waals surface area contributed by atoms with E-state index in [9.17, 15) is 31.2 Å². The van der Waals surface area contributed by atoms with Crippen molar-refractivity contribution in [1.82, 2.24) is 14.5 Å². The van der Waals surface area contributed by atoms with Crippen molar-refractivity contribution in [2.24, 2.45) is 5.92 Å². The highest BCUT2D eigenvalue weighted by molar-refractivity contribution is 7.89. The summed E-state index contributed by atoms with van der Waals surface area (Å²) in [5.74, 6) is -1.56. The second-order valence-corrected chi connectivity index (χ2v) is 9.96. The smallest absolute Gasteiger partial charge is 0.335 e. The van der Waals surface area contributed by atoms with Gasteiger partial charge in [0.1, 0.15) is 0 Å². The third kappa shape index (κ3) is 5.57. The lowest BCUT2D eigenvalue weighted by molar-refractivity contribution is -0.183. The molecule has 2 atom stereocenters. The van der Waals surface area contributed by atoms with Gasteiger partial charge in [-0.1, -0.05) is 18.6 Å². The van der Waals surface area contributed by atoms with Crippen LogP contribution in [0.15, 0.2) is 29.2 Å². The molecule has 11 heteroatoms. The zero-order valence-electron chi connectivity index (χ0n) is 17.2. The van der Waals surface area contributed by atoms with Crippen molar-refractivity contribution in [2.45, 2.75) is 49.7 Å². The van der Waals surface area contributed by atoms with Crippen LogP contribution in [0.5, 0.6) is 0 Å². The molecule has 1 aliphatic heterocycles. The summed E-state index contributed by atoms with van der Waals surface area (Å²) < 4.78 is 65.8. The van der Waals surface area contributed by atoms with E-state index in [0.717, 1.165) is 0 Å². The summed E-state index contributed by atoms with van der Waals surface area (Å²) in [6, 6.07) is 4.68. The van der Waals surface area contributed by atoms with Crippen LogP contribution in [0.4, 0.5) is 18.0 Å². The van der Waals surface area contributed by atoms with Crippen LogP contribution in [0.3, 0.4) is 0 Å². The average molecular weight is 462 g/mol. The number of urea groups is 1.